The van der Waals surface area contributed by atoms with E-state index in [-0.39, 0.29) is 24.4 Å². The lowest BCUT2D eigenvalue weighted by Gasteiger charge is -2.23. The second-order valence-electron chi connectivity index (χ2n) is 3.29. The van der Waals surface area contributed by atoms with Gasteiger partial charge in [-0.25, -0.2) is 0 Å². The SMILES string of the molecule is C#CCSCCNC(=O)C1CNC(=O)CN1. The van der Waals surface area contributed by atoms with Gasteiger partial charge < -0.3 is 10.6 Å². The van der Waals surface area contributed by atoms with Crippen LogP contribution in [-0.2, 0) is 9.59 Å². The van der Waals surface area contributed by atoms with Crippen LogP contribution in [-0.4, -0.2) is 49.0 Å². The number of hydrogen-bond donors (Lipinski definition) is 3. The Morgan fingerprint density at radius 1 is 1.69 bits per heavy atom. The molecule has 1 unspecified atom stereocenters. The molecule has 0 aliphatic carbocycles. The molecule has 2 amide bonds. The molecule has 3 N–H and O–H groups in total. The molecule has 0 spiro atoms. The molecule has 0 radical (unpaired) electrons. The third-order valence-electron chi connectivity index (χ3n) is 2.06. The van der Waals surface area contributed by atoms with E-state index in [0.717, 1.165) is 5.75 Å². The molecule has 6 heteroatoms. The standard InChI is InChI=1S/C10H15N3O2S/c1-2-4-16-5-3-11-10(15)8-6-13-9(14)7-12-8/h1,8,12H,3-7H2,(H,11,15)(H,13,14). The average Bonchev–Trinajstić information content (AvgIpc) is 2.29. The van der Waals surface area contributed by atoms with Gasteiger partial charge in [0.2, 0.25) is 11.8 Å². The number of nitrogens with one attached hydrogen (secondary N) is 3. The van der Waals surface area contributed by atoms with Gasteiger partial charge in [0.25, 0.3) is 0 Å². The first kappa shape index (κ1) is 12.9. The number of piperazine rings is 1. The molecule has 1 rings (SSSR count). The third-order valence-corrected chi connectivity index (χ3v) is 2.92. The van der Waals surface area contributed by atoms with Gasteiger partial charge in [0.05, 0.1) is 12.3 Å². The summed E-state index contributed by atoms with van der Waals surface area (Å²) in [6.07, 6.45) is 5.09. The van der Waals surface area contributed by atoms with Crippen LogP contribution >= 0.6 is 11.8 Å². The first-order chi connectivity index (χ1) is 7.74. The quantitative estimate of drug-likeness (QED) is 0.407. The normalized spacial score (nSPS) is 19.7. The van der Waals surface area contributed by atoms with Crippen LogP contribution in [0.5, 0.6) is 0 Å². The minimum Gasteiger partial charge on any atom is -0.354 e. The predicted molar refractivity (Wildman–Crippen MR) is 64.0 cm³/mol. The molecule has 0 aromatic carbocycles. The van der Waals surface area contributed by atoms with Crippen molar-refractivity contribution >= 4 is 23.6 Å². The summed E-state index contributed by atoms with van der Waals surface area (Å²) >= 11 is 1.60. The van der Waals surface area contributed by atoms with Crippen molar-refractivity contribution in [1.29, 1.82) is 0 Å². The molecule has 5 nitrogen and oxygen atoms in total. The Hall–Kier alpha value is -1.19. The molecule has 1 aliphatic heterocycles. The fourth-order valence-corrected chi connectivity index (χ4v) is 1.76. The van der Waals surface area contributed by atoms with E-state index in [0.29, 0.717) is 18.8 Å². The highest BCUT2D eigenvalue weighted by molar-refractivity contribution is 7.99. The van der Waals surface area contributed by atoms with Crippen molar-refractivity contribution < 1.29 is 9.59 Å². The minimum absolute atomic E-state index is 0.0753. The van der Waals surface area contributed by atoms with Gasteiger partial charge >= 0.3 is 0 Å². The van der Waals surface area contributed by atoms with Gasteiger partial charge in [-0.15, -0.1) is 18.2 Å². The summed E-state index contributed by atoms with van der Waals surface area (Å²) in [6, 6.07) is -0.324. The second-order valence-corrected chi connectivity index (χ2v) is 4.39. The first-order valence-corrected chi connectivity index (χ1v) is 6.18. The van der Waals surface area contributed by atoms with E-state index in [4.69, 9.17) is 6.42 Å². The van der Waals surface area contributed by atoms with Crippen molar-refractivity contribution in [2.75, 3.05) is 31.1 Å². The lowest BCUT2D eigenvalue weighted by atomic mass is 10.2. The fourth-order valence-electron chi connectivity index (χ4n) is 1.25. The van der Waals surface area contributed by atoms with Gasteiger partial charge in [-0.2, -0.15) is 0 Å². The van der Waals surface area contributed by atoms with Crippen molar-refractivity contribution in [2.45, 2.75) is 6.04 Å². The Labute approximate surface area is 99.1 Å². The van der Waals surface area contributed by atoms with E-state index in [1.807, 2.05) is 0 Å². The monoisotopic (exact) mass is 241 g/mol. The van der Waals surface area contributed by atoms with Crippen molar-refractivity contribution in [2.24, 2.45) is 0 Å². The van der Waals surface area contributed by atoms with E-state index >= 15 is 0 Å². The van der Waals surface area contributed by atoms with E-state index in [2.05, 4.69) is 21.9 Å². The molecule has 1 heterocycles. The van der Waals surface area contributed by atoms with Crippen LogP contribution in [0.3, 0.4) is 0 Å². The van der Waals surface area contributed by atoms with Crippen molar-refractivity contribution in [3.63, 3.8) is 0 Å². The van der Waals surface area contributed by atoms with E-state index in [1.165, 1.54) is 0 Å². The van der Waals surface area contributed by atoms with Crippen LogP contribution in [0.25, 0.3) is 0 Å². The zero-order valence-corrected chi connectivity index (χ0v) is 9.73. The summed E-state index contributed by atoms with van der Waals surface area (Å²) in [5.41, 5.74) is 0. The fraction of sp³-hybridized carbons (Fsp3) is 0.600. The maximum absolute atomic E-state index is 11.6. The highest BCUT2D eigenvalue weighted by Gasteiger charge is 2.22. The highest BCUT2D eigenvalue weighted by Crippen LogP contribution is 1.95. The summed E-state index contributed by atoms with van der Waals surface area (Å²) in [5.74, 6) is 3.82. The van der Waals surface area contributed by atoms with Crippen LogP contribution in [0, 0.1) is 12.3 Å². The van der Waals surface area contributed by atoms with Crippen LogP contribution < -0.4 is 16.0 Å². The maximum Gasteiger partial charge on any atom is 0.239 e. The Morgan fingerprint density at radius 3 is 3.12 bits per heavy atom. The number of thioether (sulfide) groups is 1. The lowest BCUT2D eigenvalue weighted by Crippen LogP contribution is -2.58. The molecule has 1 aliphatic rings. The van der Waals surface area contributed by atoms with E-state index in [1.54, 1.807) is 11.8 Å². The zero-order valence-electron chi connectivity index (χ0n) is 8.91. The largest absolute Gasteiger partial charge is 0.354 e. The van der Waals surface area contributed by atoms with Gasteiger partial charge in [0.15, 0.2) is 0 Å². The van der Waals surface area contributed by atoms with E-state index in [9.17, 15) is 9.59 Å². The molecule has 88 valence electrons. The molecule has 1 atom stereocenters. The number of rotatable bonds is 5. The van der Waals surface area contributed by atoms with E-state index < -0.39 is 0 Å². The van der Waals surface area contributed by atoms with Gasteiger partial charge in [-0.1, -0.05) is 5.92 Å². The molecule has 0 saturated carbocycles. The number of terminal acetylenes is 1. The lowest BCUT2D eigenvalue weighted by molar-refractivity contribution is -0.126. The Bertz CT molecular complexity index is 291. The van der Waals surface area contributed by atoms with Crippen molar-refractivity contribution in [3.8, 4) is 12.3 Å². The molecule has 0 aromatic heterocycles. The highest BCUT2D eigenvalue weighted by atomic mass is 32.2. The van der Waals surface area contributed by atoms with Crippen molar-refractivity contribution in [1.82, 2.24) is 16.0 Å². The smallest absolute Gasteiger partial charge is 0.239 e. The van der Waals surface area contributed by atoms with Gasteiger partial charge in [-0.05, 0) is 0 Å². The summed E-state index contributed by atoms with van der Waals surface area (Å²) in [5, 5.41) is 8.27. The second kappa shape index (κ2) is 7.14. The molecule has 16 heavy (non-hydrogen) atoms. The molecule has 1 fully saturated rings. The van der Waals surface area contributed by atoms with Crippen LogP contribution in [0.1, 0.15) is 0 Å². The summed E-state index contributed by atoms with van der Waals surface area (Å²) in [4.78, 5) is 22.4. The molecule has 0 bridgehead atoms. The molecular weight excluding hydrogens is 226 g/mol. The number of hydrogen-bond acceptors (Lipinski definition) is 4. The van der Waals surface area contributed by atoms with Crippen molar-refractivity contribution in [3.05, 3.63) is 0 Å². The number of amides is 2. The first-order valence-electron chi connectivity index (χ1n) is 5.03. The molecule has 1 saturated heterocycles. The Balaban J connectivity index is 2.11. The van der Waals surface area contributed by atoms with Crippen LogP contribution in [0.2, 0.25) is 0 Å². The predicted octanol–water partition coefficient (Wildman–Crippen LogP) is -1.44. The average molecular weight is 241 g/mol. The zero-order chi connectivity index (χ0) is 11.8. The number of carbonyl (C=O) groups excluding carboxylic acids is 2. The minimum atomic E-state index is -0.324. The van der Waals surface area contributed by atoms with Crippen LogP contribution in [0.15, 0.2) is 0 Å². The van der Waals surface area contributed by atoms with Gasteiger partial charge in [-0.3, -0.25) is 14.9 Å². The molecule has 0 aromatic rings. The third kappa shape index (κ3) is 4.55. The van der Waals surface area contributed by atoms with Gasteiger partial charge in [0, 0.05) is 18.8 Å². The van der Waals surface area contributed by atoms with Gasteiger partial charge in [0.1, 0.15) is 6.04 Å². The summed E-state index contributed by atoms with van der Waals surface area (Å²) < 4.78 is 0. The summed E-state index contributed by atoms with van der Waals surface area (Å²) in [6.45, 7) is 1.14. The number of carbonyl (C=O) groups is 2. The maximum atomic E-state index is 11.6. The summed E-state index contributed by atoms with van der Waals surface area (Å²) in [7, 11) is 0. The Morgan fingerprint density at radius 2 is 2.50 bits per heavy atom. The van der Waals surface area contributed by atoms with Crippen LogP contribution in [0.4, 0.5) is 0 Å². The topological polar surface area (TPSA) is 70.2 Å². The molecular formula is C10H15N3O2S. The Kier molecular flexibility index (Phi) is 5.75.